The van der Waals surface area contributed by atoms with Gasteiger partial charge in [-0.3, -0.25) is 14.4 Å². The molecule has 0 aliphatic heterocycles. The first kappa shape index (κ1) is 10.5. The molecule has 1 rings (SSSR count). The van der Waals surface area contributed by atoms with E-state index < -0.39 is 17.4 Å². The molecule has 0 spiro atoms. The molecule has 14 heavy (non-hydrogen) atoms. The Balaban J connectivity index is 2.52. The van der Waals surface area contributed by atoms with E-state index in [0.717, 1.165) is 0 Å². The van der Waals surface area contributed by atoms with E-state index in [-0.39, 0.29) is 31.8 Å². The zero-order valence-corrected chi connectivity index (χ0v) is 7.30. The molecule has 6 nitrogen and oxygen atoms in total. The van der Waals surface area contributed by atoms with Gasteiger partial charge in [0.15, 0.2) is 5.41 Å². The quantitative estimate of drug-likeness (QED) is 0.470. The lowest BCUT2D eigenvalue weighted by atomic mass is 9.62. The maximum Gasteiger partial charge on any atom is 0.321 e. The summed E-state index contributed by atoms with van der Waals surface area (Å²) in [6.45, 7) is 0.355. The van der Waals surface area contributed by atoms with Crippen LogP contribution in [-0.2, 0) is 19.1 Å². The summed E-state index contributed by atoms with van der Waals surface area (Å²) in [5.41, 5.74) is -1.67. The van der Waals surface area contributed by atoms with E-state index in [2.05, 4.69) is 4.74 Å². The van der Waals surface area contributed by atoms with Crippen molar-refractivity contribution in [3.63, 3.8) is 0 Å². The van der Waals surface area contributed by atoms with Crippen molar-refractivity contribution in [3.05, 3.63) is 0 Å². The highest BCUT2D eigenvalue weighted by Gasteiger charge is 2.56. The first-order valence-electron chi connectivity index (χ1n) is 4.05. The molecule has 0 saturated heterocycles. The molecule has 1 aliphatic carbocycles. The zero-order chi connectivity index (χ0) is 10.8. The molecular weight excluding hydrogens is 192 g/mol. The minimum absolute atomic E-state index is 0.0194. The molecule has 1 fully saturated rings. The normalized spacial score (nSPS) is 19.4. The van der Waals surface area contributed by atoms with E-state index in [9.17, 15) is 14.4 Å². The second-order valence-electron chi connectivity index (χ2n) is 3.40. The predicted molar refractivity (Wildman–Crippen MR) is 42.4 cm³/mol. The standard InChI is InChI=1S/C8H10O6/c9-4-14-3-5-1-8(2-5,6(10)11)7(12)13/h4-5H,1-3H2,(H,10,11)(H,12,13). The number of carboxylic acid groups (broad SMARTS) is 2. The SMILES string of the molecule is O=COCC1CC(C(=O)O)(C(=O)O)C1. The molecule has 0 unspecified atom stereocenters. The van der Waals surface area contributed by atoms with Crippen LogP contribution in [0, 0.1) is 11.3 Å². The van der Waals surface area contributed by atoms with Gasteiger partial charge in [-0.15, -0.1) is 0 Å². The number of carbonyl (C=O) groups excluding carboxylic acids is 1. The highest BCUT2D eigenvalue weighted by Crippen LogP contribution is 2.46. The van der Waals surface area contributed by atoms with Crippen molar-refractivity contribution < 1.29 is 29.3 Å². The van der Waals surface area contributed by atoms with Gasteiger partial charge in [-0.05, 0) is 18.8 Å². The van der Waals surface area contributed by atoms with Crippen LogP contribution < -0.4 is 0 Å². The van der Waals surface area contributed by atoms with Crippen molar-refractivity contribution in [2.45, 2.75) is 12.8 Å². The van der Waals surface area contributed by atoms with Gasteiger partial charge in [0.25, 0.3) is 6.47 Å². The van der Waals surface area contributed by atoms with Gasteiger partial charge in [0.2, 0.25) is 0 Å². The minimum Gasteiger partial charge on any atom is -0.480 e. The highest BCUT2D eigenvalue weighted by atomic mass is 16.5. The Kier molecular flexibility index (Phi) is 2.73. The summed E-state index contributed by atoms with van der Waals surface area (Å²) in [5, 5.41) is 17.4. The van der Waals surface area contributed by atoms with Crippen molar-refractivity contribution in [3.8, 4) is 0 Å². The van der Waals surface area contributed by atoms with Gasteiger partial charge in [-0.2, -0.15) is 0 Å². The summed E-state index contributed by atoms with van der Waals surface area (Å²) < 4.78 is 4.42. The van der Waals surface area contributed by atoms with Crippen LogP contribution in [0.4, 0.5) is 0 Å². The predicted octanol–water partition coefficient (Wildman–Crippen LogP) is -0.275. The second-order valence-corrected chi connectivity index (χ2v) is 3.40. The third-order valence-corrected chi connectivity index (χ3v) is 2.49. The summed E-state index contributed by atoms with van der Waals surface area (Å²) >= 11 is 0. The smallest absolute Gasteiger partial charge is 0.321 e. The van der Waals surface area contributed by atoms with Gasteiger partial charge >= 0.3 is 11.9 Å². The van der Waals surface area contributed by atoms with Crippen molar-refractivity contribution in [1.82, 2.24) is 0 Å². The number of hydrogen-bond acceptors (Lipinski definition) is 4. The topological polar surface area (TPSA) is 101 Å². The molecule has 0 amide bonds. The van der Waals surface area contributed by atoms with Gasteiger partial charge in [-0.25, -0.2) is 0 Å². The Morgan fingerprint density at radius 3 is 2.21 bits per heavy atom. The van der Waals surface area contributed by atoms with Crippen molar-refractivity contribution >= 4 is 18.4 Å². The van der Waals surface area contributed by atoms with Crippen LogP contribution in [0.2, 0.25) is 0 Å². The van der Waals surface area contributed by atoms with Crippen LogP contribution in [0.1, 0.15) is 12.8 Å². The number of aliphatic carboxylic acids is 2. The lowest BCUT2D eigenvalue weighted by molar-refractivity contribution is -0.177. The number of carboxylic acids is 2. The van der Waals surface area contributed by atoms with Gasteiger partial charge in [-0.1, -0.05) is 0 Å². The van der Waals surface area contributed by atoms with E-state index in [4.69, 9.17) is 10.2 Å². The number of ether oxygens (including phenoxy) is 1. The third kappa shape index (κ3) is 1.55. The van der Waals surface area contributed by atoms with Gasteiger partial charge in [0.05, 0.1) is 6.61 Å². The number of carbonyl (C=O) groups is 3. The van der Waals surface area contributed by atoms with Crippen LogP contribution in [0.3, 0.4) is 0 Å². The summed E-state index contributed by atoms with van der Waals surface area (Å²) in [6.07, 6.45) is 0.0387. The molecule has 0 bridgehead atoms. The molecule has 1 saturated carbocycles. The van der Waals surface area contributed by atoms with Gasteiger partial charge in [0.1, 0.15) is 0 Å². The molecule has 6 heteroatoms. The lowest BCUT2D eigenvalue weighted by Crippen LogP contribution is -2.51. The van der Waals surface area contributed by atoms with Crippen LogP contribution in [0.25, 0.3) is 0 Å². The first-order chi connectivity index (χ1) is 6.53. The van der Waals surface area contributed by atoms with Crippen molar-refractivity contribution in [2.24, 2.45) is 11.3 Å². The summed E-state index contributed by atoms with van der Waals surface area (Å²) in [7, 11) is 0. The van der Waals surface area contributed by atoms with E-state index in [1.165, 1.54) is 0 Å². The molecule has 78 valence electrons. The Morgan fingerprint density at radius 2 is 1.86 bits per heavy atom. The second kappa shape index (κ2) is 3.65. The van der Waals surface area contributed by atoms with E-state index in [1.807, 2.05) is 0 Å². The highest BCUT2D eigenvalue weighted by molar-refractivity contribution is 5.99. The largest absolute Gasteiger partial charge is 0.480 e. The first-order valence-corrected chi connectivity index (χ1v) is 4.05. The van der Waals surface area contributed by atoms with E-state index in [0.29, 0.717) is 0 Å². The molecule has 0 heterocycles. The molecule has 2 N–H and O–H groups in total. The van der Waals surface area contributed by atoms with Crippen molar-refractivity contribution in [2.75, 3.05) is 6.61 Å². The van der Waals surface area contributed by atoms with E-state index >= 15 is 0 Å². The van der Waals surface area contributed by atoms with Crippen LogP contribution in [0.15, 0.2) is 0 Å². The Morgan fingerprint density at radius 1 is 1.36 bits per heavy atom. The average Bonchev–Trinajstić information content (AvgIpc) is 2.00. The Labute approximate surface area is 79.5 Å². The zero-order valence-electron chi connectivity index (χ0n) is 7.30. The van der Waals surface area contributed by atoms with Crippen LogP contribution in [-0.4, -0.2) is 35.2 Å². The fourth-order valence-electron chi connectivity index (χ4n) is 1.66. The average molecular weight is 202 g/mol. The summed E-state index contributed by atoms with van der Waals surface area (Å²) in [4.78, 5) is 31.2. The molecule has 1 aliphatic rings. The molecule has 0 aromatic carbocycles. The molecule has 0 radical (unpaired) electrons. The maximum absolute atomic E-state index is 10.7. The van der Waals surface area contributed by atoms with Crippen LogP contribution >= 0.6 is 0 Å². The summed E-state index contributed by atoms with van der Waals surface area (Å²) in [6, 6.07) is 0. The summed E-state index contributed by atoms with van der Waals surface area (Å²) in [5.74, 6) is -2.81. The molecule has 0 aromatic heterocycles. The van der Waals surface area contributed by atoms with Crippen LogP contribution in [0.5, 0.6) is 0 Å². The molecule has 0 atom stereocenters. The Bertz CT molecular complexity index is 249. The minimum atomic E-state index is -1.67. The maximum atomic E-state index is 10.7. The fourth-order valence-corrected chi connectivity index (χ4v) is 1.66. The monoisotopic (exact) mass is 202 g/mol. The number of hydrogen-bond donors (Lipinski definition) is 2. The lowest BCUT2D eigenvalue weighted by Gasteiger charge is -2.40. The van der Waals surface area contributed by atoms with Crippen molar-refractivity contribution in [1.29, 1.82) is 0 Å². The Hall–Kier alpha value is -1.59. The number of rotatable bonds is 5. The molecular formula is C8H10O6. The van der Waals surface area contributed by atoms with E-state index in [1.54, 1.807) is 0 Å². The fraction of sp³-hybridized carbons (Fsp3) is 0.625. The molecule has 0 aromatic rings. The van der Waals surface area contributed by atoms with Gasteiger partial charge in [0, 0.05) is 0 Å². The van der Waals surface area contributed by atoms with Gasteiger partial charge < -0.3 is 14.9 Å². The third-order valence-electron chi connectivity index (χ3n) is 2.49.